The van der Waals surface area contributed by atoms with E-state index >= 15 is 0 Å². The van der Waals surface area contributed by atoms with Crippen LogP contribution in [0.3, 0.4) is 0 Å². The van der Waals surface area contributed by atoms with Gasteiger partial charge in [-0.05, 0) is 43.4 Å². The predicted molar refractivity (Wildman–Crippen MR) is 135 cm³/mol. The molecule has 7 nitrogen and oxygen atoms in total. The normalized spacial score (nSPS) is 11.8. The van der Waals surface area contributed by atoms with Gasteiger partial charge in [0.25, 0.3) is 5.91 Å². The van der Waals surface area contributed by atoms with Gasteiger partial charge in [0.15, 0.2) is 21.6 Å². The summed E-state index contributed by atoms with van der Waals surface area (Å²) in [4.78, 5) is 21.6. The third kappa shape index (κ3) is 6.36. The number of hydrogen-bond acceptors (Lipinski definition) is 7. The zero-order valence-corrected chi connectivity index (χ0v) is 21.7. The Morgan fingerprint density at radius 1 is 1.12 bits per heavy atom. The van der Waals surface area contributed by atoms with E-state index in [9.17, 15) is 13.2 Å². The largest absolute Gasteiger partial charge is 0.482 e. The number of fused-ring (bicyclic) bond motifs is 1. The van der Waals surface area contributed by atoms with Crippen LogP contribution in [-0.4, -0.2) is 63.3 Å². The molecule has 2 aromatic carbocycles. The van der Waals surface area contributed by atoms with Crippen molar-refractivity contribution in [1.82, 2.24) is 9.88 Å². The molecular weight excluding hydrogens is 505 g/mol. The lowest BCUT2D eigenvalue weighted by molar-refractivity contribution is -0.120. The van der Waals surface area contributed by atoms with Crippen molar-refractivity contribution in [1.29, 1.82) is 0 Å². The van der Waals surface area contributed by atoms with Gasteiger partial charge in [-0.15, -0.1) is 0 Å². The summed E-state index contributed by atoms with van der Waals surface area (Å²) >= 11 is 13.3. The van der Waals surface area contributed by atoms with E-state index in [1.165, 1.54) is 17.4 Å². The van der Waals surface area contributed by atoms with Crippen molar-refractivity contribution in [2.45, 2.75) is 18.7 Å². The maximum Gasteiger partial charge on any atom is 0.266 e. The zero-order chi connectivity index (χ0) is 24.2. The number of amides is 1. The summed E-state index contributed by atoms with van der Waals surface area (Å²) in [6.45, 7) is 6.55. The highest BCUT2D eigenvalue weighted by atomic mass is 35.5. The quantitative estimate of drug-likeness (QED) is 0.376. The van der Waals surface area contributed by atoms with Crippen LogP contribution in [0.4, 0.5) is 5.13 Å². The van der Waals surface area contributed by atoms with Gasteiger partial charge in [-0.3, -0.25) is 9.69 Å². The monoisotopic (exact) mass is 529 g/mol. The minimum Gasteiger partial charge on any atom is -0.482 e. The van der Waals surface area contributed by atoms with Crippen LogP contribution in [-0.2, 0) is 14.6 Å². The van der Waals surface area contributed by atoms with Gasteiger partial charge in [-0.2, -0.15) is 0 Å². The van der Waals surface area contributed by atoms with Crippen LogP contribution in [0.25, 0.3) is 10.2 Å². The Morgan fingerprint density at radius 2 is 1.85 bits per heavy atom. The van der Waals surface area contributed by atoms with E-state index in [0.29, 0.717) is 44.2 Å². The number of nitrogens with zero attached hydrogens (tertiary/aromatic N) is 3. The summed E-state index contributed by atoms with van der Waals surface area (Å²) in [5.41, 5.74) is 0.363. The van der Waals surface area contributed by atoms with Crippen molar-refractivity contribution in [3.8, 4) is 5.75 Å². The van der Waals surface area contributed by atoms with Gasteiger partial charge in [-0.25, -0.2) is 13.4 Å². The molecule has 1 aromatic heterocycles. The third-order valence-electron chi connectivity index (χ3n) is 5.08. The molecule has 0 spiro atoms. The van der Waals surface area contributed by atoms with E-state index in [4.69, 9.17) is 27.9 Å². The summed E-state index contributed by atoms with van der Waals surface area (Å²) < 4.78 is 30.7. The topological polar surface area (TPSA) is 79.8 Å². The van der Waals surface area contributed by atoms with E-state index in [1.54, 1.807) is 35.2 Å². The Kier molecular flexibility index (Phi) is 8.58. The van der Waals surface area contributed by atoms with E-state index in [2.05, 4.69) is 23.7 Å². The standard InChI is InChI=1S/C22H25Cl2N3O4S2/c1-4-26(5-2)11-12-27(20(28)14-31-17-10-9-15(23)13-16(17)24)22-25-21-18(32-22)7-6-8-19(21)33(3,29)30/h6-10,13H,4-5,11-12,14H2,1-3H3. The Bertz CT molecular complexity index is 1240. The zero-order valence-electron chi connectivity index (χ0n) is 18.5. The first-order chi connectivity index (χ1) is 15.6. The molecule has 1 amide bonds. The number of carbonyl (C=O) groups is 1. The first-order valence-electron chi connectivity index (χ1n) is 10.3. The number of ether oxygens (including phenoxy) is 1. The number of likely N-dealkylation sites (N-methyl/N-ethyl adjacent to an activating group) is 1. The molecule has 0 aliphatic carbocycles. The lowest BCUT2D eigenvalue weighted by Gasteiger charge is -2.24. The number of sulfone groups is 1. The summed E-state index contributed by atoms with van der Waals surface area (Å²) in [5.74, 6) is 0.0370. The molecule has 0 fully saturated rings. The summed E-state index contributed by atoms with van der Waals surface area (Å²) in [6.07, 6.45) is 1.15. The van der Waals surface area contributed by atoms with Gasteiger partial charge in [0.05, 0.1) is 14.6 Å². The summed E-state index contributed by atoms with van der Waals surface area (Å²) in [5, 5.41) is 1.20. The lowest BCUT2D eigenvalue weighted by atomic mass is 10.3. The van der Waals surface area contributed by atoms with E-state index < -0.39 is 9.84 Å². The van der Waals surface area contributed by atoms with E-state index in [1.807, 2.05) is 0 Å². The average molecular weight is 530 g/mol. The molecule has 0 atom stereocenters. The fourth-order valence-electron chi connectivity index (χ4n) is 3.24. The molecule has 3 rings (SSSR count). The van der Waals surface area contributed by atoms with Gasteiger partial charge in [0.2, 0.25) is 0 Å². The van der Waals surface area contributed by atoms with Crippen LogP contribution in [0.5, 0.6) is 5.75 Å². The van der Waals surface area contributed by atoms with Crippen molar-refractivity contribution < 1.29 is 17.9 Å². The molecule has 0 radical (unpaired) electrons. The van der Waals surface area contributed by atoms with Gasteiger partial charge >= 0.3 is 0 Å². The van der Waals surface area contributed by atoms with Crippen LogP contribution >= 0.6 is 34.5 Å². The molecule has 33 heavy (non-hydrogen) atoms. The fraction of sp³-hybridized carbons (Fsp3) is 0.364. The van der Waals surface area contributed by atoms with E-state index in [-0.39, 0.29) is 17.4 Å². The minimum absolute atomic E-state index is 0.142. The van der Waals surface area contributed by atoms with Crippen molar-refractivity contribution in [3.05, 3.63) is 46.4 Å². The second kappa shape index (κ2) is 11.0. The maximum atomic E-state index is 13.2. The smallest absolute Gasteiger partial charge is 0.266 e. The number of para-hydroxylation sites is 1. The number of anilines is 1. The van der Waals surface area contributed by atoms with Gasteiger partial charge in [0.1, 0.15) is 11.3 Å². The Balaban J connectivity index is 1.91. The molecule has 1 heterocycles. The van der Waals surface area contributed by atoms with Crippen molar-refractivity contribution in [3.63, 3.8) is 0 Å². The molecule has 0 saturated carbocycles. The highest BCUT2D eigenvalue weighted by Crippen LogP contribution is 2.33. The molecule has 0 N–H and O–H groups in total. The SMILES string of the molecule is CCN(CC)CCN(C(=O)COc1ccc(Cl)cc1Cl)c1nc2c(S(C)(=O)=O)cccc2s1. The van der Waals surface area contributed by atoms with Crippen LogP contribution in [0.15, 0.2) is 41.3 Å². The van der Waals surface area contributed by atoms with Crippen molar-refractivity contribution in [2.75, 3.05) is 43.9 Å². The Morgan fingerprint density at radius 3 is 2.48 bits per heavy atom. The lowest BCUT2D eigenvalue weighted by Crippen LogP contribution is -2.41. The number of thiazole rings is 1. The van der Waals surface area contributed by atoms with Gasteiger partial charge in [0, 0.05) is 24.4 Å². The van der Waals surface area contributed by atoms with Crippen molar-refractivity contribution in [2.24, 2.45) is 0 Å². The molecule has 0 bridgehead atoms. The van der Waals surface area contributed by atoms with Crippen LogP contribution in [0.2, 0.25) is 10.0 Å². The molecule has 0 aliphatic heterocycles. The maximum absolute atomic E-state index is 13.2. The summed E-state index contributed by atoms with van der Waals surface area (Å²) in [6, 6.07) is 9.77. The minimum atomic E-state index is -3.47. The number of rotatable bonds is 10. The highest BCUT2D eigenvalue weighted by Gasteiger charge is 2.23. The average Bonchev–Trinajstić information content (AvgIpc) is 3.19. The molecule has 178 valence electrons. The number of hydrogen-bond donors (Lipinski definition) is 0. The first kappa shape index (κ1) is 25.7. The van der Waals surface area contributed by atoms with Crippen LogP contribution in [0.1, 0.15) is 13.8 Å². The molecule has 11 heteroatoms. The molecular formula is C22H25Cl2N3O4S2. The number of aromatic nitrogens is 1. The molecule has 0 unspecified atom stereocenters. The number of halogens is 2. The van der Waals surface area contributed by atoms with Crippen molar-refractivity contribution >= 4 is 65.6 Å². The second-order valence-corrected chi connectivity index (χ2v) is 11.1. The summed E-state index contributed by atoms with van der Waals surface area (Å²) in [7, 11) is -3.47. The second-order valence-electron chi connectivity index (χ2n) is 7.31. The van der Waals surface area contributed by atoms with Crippen LogP contribution in [0, 0.1) is 0 Å². The van der Waals surface area contributed by atoms with Gasteiger partial charge < -0.3 is 9.64 Å². The Labute approximate surface area is 207 Å². The fourth-order valence-corrected chi connectivity index (χ4v) is 5.64. The first-order valence-corrected chi connectivity index (χ1v) is 13.8. The molecule has 3 aromatic rings. The third-order valence-corrected chi connectivity index (χ3v) is 7.78. The number of benzene rings is 2. The molecule has 0 saturated heterocycles. The predicted octanol–water partition coefficient (Wildman–Crippen LogP) is 4.76. The molecule has 0 aliphatic rings. The highest BCUT2D eigenvalue weighted by molar-refractivity contribution is 7.91. The van der Waals surface area contributed by atoms with Crippen LogP contribution < -0.4 is 9.64 Å². The van der Waals surface area contributed by atoms with Gasteiger partial charge in [-0.1, -0.05) is 54.5 Å². The van der Waals surface area contributed by atoms with E-state index in [0.717, 1.165) is 19.3 Å². The Hall–Kier alpha value is -1.91. The number of carbonyl (C=O) groups excluding carboxylic acids is 1.